The Balaban J connectivity index is 1.46. The number of hydrogen-bond acceptors (Lipinski definition) is 5. The molecule has 1 aliphatic heterocycles. The van der Waals surface area contributed by atoms with E-state index in [1.807, 2.05) is 25.3 Å². The van der Waals surface area contributed by atoms with E-state index < -0.39 is 24.3 Å². The Morgan fingerprint density at radius 3 is 2.28 bits per heavy atom. The fraction of sp³-hybridized carbons (Fsp3) is 0.286. The molecule has 186 valence electrons. The van der Waals surface area contributed by atoms with Crippen molar-refractivity contribution in [2.45, 2.75) is 34.1 Å². The first-order chi connectivity index (χ1) is 17.1. The van der Waals surface area contributed by atoms with Gasteiger partial charge in [0.1, 0.15) is 5.82 Å². The summed E-state index contributed by atoms with van der Waals surface area (Å²) in [6.07, 6.45) is 0.685. The quantitative estimate of drug-likeness (QED) is 0.254. The lowest BCUT2D eigenvalue weighted by atomic mass is 10.1. The van der Waals surface area contributed by atoms with Gasteiger partial charge in [-0.05, 0) is 74.7 Å². The minimum absolute atomic E-state index is 0.0881. The van der Waals surface area contributed by atoms with Crippen molar-refractivity contribution in [1.29, 1.82) is 0 Å². The van der Waals surface area contributed by atoms with Crippen molar-refractivity contribution in [2.24, 2.45) is 5.92 Å². The highest BCUT2D eigenvalue weighted by Crippen LogP contribution is 2.26. The molecular weight excluding hydrogens is 463 g/mol. The van der Waals surface area contributed by atoms with Gasteiger partial charge in [-0.1, -0.05) is 13.8 Å². The molecule has 2 amide bonds. The number of ketones is 1. The van der Waals surface area contributed by atoms with E-state index in [4.69, 9.17) is 4.74 Å². The van der Waals surface area contributed by atoms with Crippen LogP contribution in [0.4, 0.5) is 4.39 Å². The van der Waals surface area contributed by atoms with Crippen LogP contribution in [0, 0.1) is 25.6 Å². The Morgan fingerprint density at radius 1 is 0.944 bits per heavy atom. The molecule has 0 aliphatic carbocycles. The van der Waals surface area contributed by atoms with Crippen LogP contribution < -0.4 is 0 Å². The summed E-state index contributed by atoms with van der Waals surface area (Å²) in [5.41, 5.74) is 3.02. The Morgan fingerprint density at radius 2 is 1.61 bits per heavy atom. The van der Waals surface area contributed by atoms with E-state index in [2.05, 4.69) is 0 Å². The number of carbonyl (C=O) groups excluding carboxylic acids is 4. The maximum absolute atomic E-state index is 13.3. The molecule has 0 N–H and O–H groups in total. The number of rotatable bonds is 8. The zero-order valence-corrected chi connectivity index (χ0v) is 20.6. The average Bonchev–Trinajstić information content (AvgIpc) is 3.28. The van der Waals surface area contributed by atoms with E-state index in [9.17, 15) is 23.6 Å². The summed E-state index contributed by atoms with van der Waals surface area (Å²) in [6, 6.07) is 11.8. The maximum atomic E-state index is 13.3. The third-order valence-corrected chi connectivity index (χ3v) is 6.29. The Kier molecular flexibility index (Phi) is 6.88. The van der Waals surface area contributed by atoms with Crippen LogP contribution in [0.3, 0.4) is 0 Å². The van der Waals surface area contributed by atoms with Crippen molar-refractivity contribution in [3.8, 4) is 5.69 Å². The summed E-state index contributed by atoms with van der Waals surface area (Å²) in [7, 11) is 0. The highest BCUT2D eigenvalue weighted by Gasteiger charge is 2.36. The molecule has 3 aromatic rings. The summed E-state index contributed by atoms with van der Waals surface area (Å²) in [5.74, 6) is -1.99. The molecule has 0 saturated carbocycles. The number of halogens is 1. The van der Waals surface area contributed by atoms with Crippen molar-refractivity contribution in [3.63, 3.8) is 0 Å². The monoisotopic (exact) mass is 490 g/mol. The van der Waals surface area contributed by atoms with Crippen LogP contribution in [0.5, 0.6) is 0 Å². The zero-order valence-electron chi connectivity index (χ0n) is 20.6. The van der Waals surface area contributed by atoms with Gasteiger partial charge >= 0.3 is 5.97 Å². The first-order valence-electron chi connectivity index (χ1n) is 11.7. The molecule has 1 aromatic heterocycles. The van der Waals surface area contributed by atoms with Crippen LogP contribution in [0.15, 0.2) is 48.5 Å². The van der Waals surface area contributed by atoms with Crippen molar-refractivity contribution in [2.75, 3.05) is 13.2 Å². The second kappa shape index (κ2) is 9.89. The van der Waals surface area contributed by atoms with Gasteiger partial charge < -0.3 is 9.30 Å². The third kappa shape index (κ3) is 4.71. The molecule has 1 aliphatic rings. The molecule has 0 unspecified atom stereocenters. The molecule has 0 spiro atoms. The lowest BCUT2D eigenvalue weighted by Crippen LogP contribution is -2.31. The van der Waals surface area contributed by atoms with Crippen LogP contribution in [-0.4, -0.2) is 46.2 Å². The molecular formula is C28H27FN2O5. The Bertz CT molecular complexity index is 1370. The smallest absolute Gasteiger partial charge is 0.338 e. The SMILES string of the molecule is Cc1cc(C(=O)COC(=O)c2ccc3c(c2)C(=O)N(CCC(C)C)C3=O)c(C)n1-c1ccc(F)cc1. The number of nitrogens with zero attached hydrogens (tertiary/aromatic N) is 2. The molecule has 0 saturated heterocycles. The van der Waals surface area contributed by atoms with Crippen LogP contribution in [0.2, 0.25) is 0 Å². The van der Waals surface area contributed by atoms with Gasteiger partial charge in [-0.25, -0.2) is 9.18 Å². The molecule has 8 heteroatoms. The molecule has 2 heterocycles. The highest BCUT2D eigenvalue weighted by molar-refractivity contribution is 6.22. The van der Waals surface area contributed by atoms with Crippen LogP contribution >= 0.6 is 0 Å². The summed E-state index contributed by atoms with van der Waals surface area (Å²) < 4.78 is 20.4. The first kappa shape index (κ1) is 25.0. The number of carbonyl (C=O) groups is 4. The van der Waals surface area contributed by atoms with E-state index in [1.165, 1.54) is 35.2 Å². The van der Waals surface area contributed by atoms with Gasteiger partial charge in [-0.3, -0.25) is 19.3 Å². The van der Waals surface area contributed by atoms with Crippen LogP contribution in [-0.2, 0) is 4.74 Å². The molecule has 0 bridgehead atoms. The lowest BCUT2D eigenvalue weighted by molar-refractivity contribution is 0.0474. The number of benzene rings is 2. The van der Waals surface area contributed by atoms with Crippen molar-refractivity contribution >= 4 is 23.6 Å². The van der Waals surface area contributed by atoms with Gasteiger partial charge in [0.15, 0.2) is 6.61 Å². The average molecular weight is 491 g/mol. The Hall–Kier alpha value is -4.07. The van der Waals surface area contributed by atoms with Crippen LogP contribution in [0.1, 0.15) is 73.1 Å². The number of aryl methyl sites for hydroxylation is 1. The number of hydrogen-bond donors (Lipinski definition) is 0. The van der Waals surface area contributed by atoms with Gasteiger partial charge in [-0.2, -0.15) is 0 Å². The topological polar surface area (TPSA) is 85.7 Å². The van der Waals surface area contributed by atoms with Gasteiger partial charge in [-0.15, -0.1) is 0 Å². The van der Waals surface area contributed by atoms with Gasteiger partial charge in [0, 0.05) is 29.2 Å². The fourth-order valence-corrected chi connectivity index (χ4v) is 4.33. The minimum Gasteiger partial charge on any atom is -0.454 e. The molecule has 0 atom stereocenters. The summed E-state index contributed by atoms with van der Waals surface area (Å²) in [5, 5.41) is 0. The highest BCUT2D eigenvalue weighted by atomic mass is 19.1. The normalized spacial score (nSPS) is 12.9. The van der Waals surface area contributed by atoms with Crippen molar-refractivity contribution in [3.05, 3.63) is 88.0 Å². The summed E-state index contributed by atoms with van der Waals surface area (Å²) in [6.45, 7) is 7.43. The number of aromatic nitrogens is 1. The number of imide groups is 1. The standard InChI is InChI=1S/C28H27FN2O5/c1-16(2)11-12-30-26(33)22-10-5-19(14-24(22)27(30)34)28(35)36-15-25(32)23-13-17(3)31(18(23)4)21-8-6-20(29)7-9-21/h5-10,13-14,16H,11-12,15H2,1-4H3. The molecule has 4 rings (SSSR count). The lowest BCUT2D eigenvalue weighted by Gasteiger charge is -2.14. The van der Waals surface area contributed by atoms with E-state index in [0.29, 0.717) is 35.8 Å². The number of Topliss-reactive ketones (excluding diaryl/α,β-unsaturated/α-hetero) is 1. The Labute approximate surface area is 208 Å². The predicted molar refractivity (Wildman–Crippen MR) is 131 cm³/mol. The number of amides is 2. The van der Waals surface area contributed by atoms with Gasteiger partial charge in [0.25, 0.3) is 11.8 Å². The molecule has 2 aromatic carbocycles. The summed E-state index contributed by atoms with van der Waals surface area (Å²) in [4.78, 5) is 52.0. The fourth-order valence-electron chi connectivity index (χ4n) is 4.33. The van der Waals surface area contributed by atoms with E-state index in [-0.39, 0.29) is 28.4 Å². The molecule has 7 nitrogen and oxygen atoms in total. The number of fused-ring (bicyclic) bond motifs is 1. The molecule has 0 fully saturated rings. The second-order valence-electron chi connectivity index (χ2n) is 9.30. The minimum atomic E-state index is -0.764. The zero-order chi connectivity index (χ0) is 26.1. The first-order valence-corrected chi connectivity index (χ1v) is 11.7. The van der Waals surface area contributed by atoms with Crippen molar-refractivity contribution in [1.82, 2.24) is 9.47 Å². The van der Waals surface area contributed by atoms with Crippen LogP contribution in [0.25, 0.3) is 5.69 Å². The summed E-state index contributed by atoms with van der Waals surface area (Å²) >= 11 is 0. The molecule has 36 heavy (non-hydrogen) atoms. The second-order valence-corrected chi connectivity index (χ2v) is 9.30. The third-order valence-electron chi connectivity index (χ3n) is 6.29. The van der Waals surface area contributed by atoms with E-state index in [1.54, 1.807) is 25.1 Å². The van der Waals surface area contributed by atoms with Gasteiger partial charge in [0.05, 0.1) is 16.7 Å². The number of esters is 1. The van der Waals surface area contributed by atoms with E-state index in [0.717, 1.165) is 5.69 Å². The predicted octanol–water partition coefficient (Wildman–Crippen LogP) is 4.92. The van der Waals surface area contributed by atoms with E-state index >= 15 is 0 Å². The number of ether oxygens (including phenoxy) is 1. The maximum Gasteiger partial charge on any atom is 0.338 e. The largest absolute Gasteiger partial charge is 0.454 e. The molecule has 0 radical (unpaired) electrons. The van der Waals surface area contributed by atoms with Crippen molar-refractivity contribution < 1.29 is 28.3 Å². The van der Waals surface area contributed by atoms with Gasteiger partial charge in [0.2, 0.25) is 5.78 Å².